The second-order valence-corrected chi connectivity index (χ2v) is 28.8. The summed E-state index contributed by atoms with van der Waals surface area (Å²) in [5, 5.41) is 23.4. The first-order valence-corrected chi connectivity index (χ1v) is 41.9. The molecule has 6 heteroatoms. The van der Waals surface area contributed by atoms with Gasteiger partial charge in [0, 0.05) is 12.8 Å². The average Bonchev–Trinajstić information content (AvgIpc) is 3.61. The van der Waals surface area contributed by atoms with Crippen molar-refractivity contribution in [3.05, 3.63) is 48.6 Å². The summed E-state index contributed by atoms with van der Waals surface area (Å²) in [7, 11) is 0. The van der Waals surface area contributed by atoms with E-state index in [1.807, 2.05) is 0 Å². The highest BCUT2D eigenvalue weighted by Gasteiger charge is 2.20. The first kappa shape index (κ1) is 89.8. The van der Waals surface area contributed by atoms with E-state index in [1.165, 1.54) is 372 Å². The number of nitrogens with one attached hydrogen (secondary N) is 1. The second kappa shape index (κ2) is 81.2. The molecule has 0 radical (unpaired) electrons. The van der Waals surface area contributed by atoms with Gasteiger partial charge in [0.1, 0.15) is 0 Å². The van der Waals surface area contributed by atoms with E-state index < -0.39 is 12.1 Å². The number of amides is 1. The summed E-state index contributed by atoms with van der Waals surface area (Å²) in [4.78, 5) is 24.7. The van der Waals surface area contributed by atoms with Crippen LogP contribution in [0.1, 0.15) is 463 Å². The van der Waals surface area contributed by atoms with Crippen molar-refractivity contribution in [1.29, 1.82) is 0 Å². The topological polar surface area (TPSA) is 95.9 Å². The number of aliphatic hydroxyl groups excluding tert-OH is 2. The Balaban J connectivity index is 3.35. The zero-order valence-electron chi connectivity index (χ0n) is 62.3. The fourth-order valence-electron chi connectivity index (χ4n) is 13.2. The van der Waals surface area contributed by atoms with Crippen molar-refractivity contribution in [2.24, 2.45) is 0 Å². The lowest BCUT2D eigenvalue weighted by Gasteiger charge is -2.22. The Bertz CT molecular complexity index is 1540. The summed E-state index contributed by atoms with van der Waals surface area (Å²) in [5.41, 5.74) is 0. The highest BCUT2D eigenvalue weighted by atomic mass is 16.5. The normalized spacial score (nSPS) is 12.7. The highest BCUT2D eigenvalue weighted by molar-refractivity contribution is 5.76. The summed E-state index contributed by atoms with van der Waals surface area (Å²) >= 11 is 0. The molecule has 6 nitrogen and oxygen atoms in total. The first-order valence-electron chi connectivity index (χ1n) is 41.9. The number of aliphatic hydroxyl groups is 2. The third kappa shape index (κ3) is 76.8. The number of carbonyl (C=O) groups excluding carboxylic acids is 2. The van der Waals surface area contributed by atoms with Crippen LogP contribution >= 0.6 is 0 Å². The Hall–Kier alpha value is -2.18. The fraction of sp³-hybridized carbons (Fsp3) is 0.884. The molecular formula is C86H163NO5. The smallest absolute Gasteiger partial charge is 0.305 e. The number of allylic oxidation sites excluding steroid dienone is 8. The number of hydrogen-bond donors (Lipinski definition) is 3. The fourth-order valence-corrected chi connectivity index (χ4v) is 13.2. The molecule has 92 heavy (non-hydrogen) atoms. The minimum atomic E-state index is -0.663. The maximum Gasteiger partial charge on any atom is 0.305 e. The van der Waals surface area contributed by atoms with Gasteiger partial charge in [0.15, 0.2) is 0 Å². The molecule has 0 aromatic carbocycles. The van der Waals surface area contributed by atoms with Crippen LogP contribution in [0, 0.1) is 0 Å². The molecule has 0 aliphatic carbocycles. The lowest BCUT2D eigenvalue weighted by molar-refractivity contribution is -0.143. The van der Waals surface area contributed by atoms with Gasteiger partial charge in [-0.3, -0.25) is 9.59 Å². The molecule has 542 valence electrons. The van der Waals surface area contributed by atoms with E-state index >= 15 is 0 Å². The SMILES string of the molecule is CCCCCC/C=C\C/C=C\CCCCCCCCCC(=O)OCCCCCCCCCCCCCCCCC/C=C\C/C=C\CCCCCCCCCCCCCCCCCCCC(=O)NC(CO)C(O)CCCCCCCCCCCCCCCCCCCC. The van der Waals surface area contributed by atoms with Gasteiger partial charge in [0.25, 0.3) is 0 Å². The summed E-state index contributed by atoms with van der Waals surface area (Å²) in [6, 6.07) is -0.540. The zero-order chi connectivity index (χ0) is 66.3. The van der Waals surface area contributed by atoms with Crippen molar-refractivity contribution >= 4 is 11.9 Å². The molecule has 0 bridgehead atoms. The van der Waals surface area contributed by atoms with Crippen LogP contribution in [0.25, 0.3) is 0 Å². The van der Waals surface area contributed by atoms with Gasteiger partial charge in [-0.15, -0.1) is 0 Å². The Morgan fingerprint density at radius 2 is 0.543 bits per heavy atom. The molecule has 0 rings (SSSR count). The van der Waals surface area contributed by atoms with E-state index in [0.29, 0.717) is 25.9 Å². The molecule has 0 saturated heterocycles. The molecule has 0 aromatic heterocycles. The van der Waals surface area contributed by atoms with Crippen molar-refractivity contribution in [1.82, 2.24) is 5.32 Å². The second-order valence-electron chi connectivity index (χ2n) is 28.8. The molecule has 0 aliphatic heterocycles. The molecule has 1 amide bonds. The van der Waals surface area contributed by atoms with Gasteiger partial charge in [-0.2, -0.15) is 0 Å². The predicted molar refractivity (Wildman–Crippen MR) is 407 cm³/mol. The predicted octanol–water partition coefficient (Wildman–Crippen LogP) is 27.9. The van der Waals surface area contributed by atoms with E-state index in [4.69, 9.17) is 4.74 Å². The minimum absolute atomic E-state index is 0.0135. The van der Waals surface area contributed by atoms with E-state index in [0.717, 1.165) is 57.8 Å². The maximum absolute atomic E-state index is 12.6. The number of esters is 1. The van der Waals surface area contributed by atoms with Gasteiger partial charge in [-0.1, -0.05) is 409 Å². The summed E-state index contributed by atoms with van der Waals surface area (Å²) in [5.74, 6) is -0.0141. The third-order valence-corrected chi connectivity index (χ3v) is 19.6. The lowest BCUT2D eigenvalue weighted by Crippen LogP contribution is -2.45. The molecule has 0 saturated carbocycles. The van der Waals surface area contributed by atoms with Crippen molar-refractivity contribution in [3.63, 3.8) is 0 Å². The maximum atomic E-state index is 12.6. The van der Waals surface area contributed by atoms with E-state index in [-0.39, 0.29) is 18.5 Å². The molecule has 0 heterocycles. The van der Waals surface area contributed by atoms with Gasteiger partial charge < -0.3 is 20.3 Å². The first-order chi connectivity index (χ1) is 45.5. The zero-order valence-corrected chi connectivity index (χ0v) is 62.3. The number of ether oxygens (including phenoxy) is 1. The Morgan fingerprint density at radius 3 is 0.837 bits per heavy atom. The van der Waals surface area contributed by atoms with E-state index in [9.17, 15) is 19.8 Å². The van der Waals surface area contributed by atoms with Crippen molar-refractivity contribution in [2.75, 3.05) is 13.2 Å². The van der Waals surface area contributed by atoms with Crippen LogP contribution in [-0.2, 0) is 14.3 Å². The van der Waals surface area contributed by atoms with Crippen molar-refractivity contribution in [3.8, 4) is 0 Å². The van der Waals surface area contributed by atoms with Crippen LogP contribution < -0.4 is 5.32 Å². The molecule has 0 aliphatic rings. The number of rotatable bonds is 79. The molecule has 0 spiro atoms. The third-order valence-electron chi connectivity index (χ3n) is 19.6. The molecule has 2 atom stereocenters. The summed E-state index contributed by atoms with van der Waals surface area (Å²) < 4.78 is 5.51. The van der Waals surface area contributed by atoms with Crippen LogP contribution in [-0.4, -0.2) is 47.4 Å². The van der Waals surface area contributed by atoms with Crippen LogP contribution in [0.2, 0.25) is 0 Å². The molecular weight excluding hydrogens is 1130 g/mol. The monoisotopic (exact) mass is 1290 g/mol. The van der Waals surface area contributed by atoms with Crippen LogP contribution in [0.3, 0.4) is 0 Å². The Morgan fingerprint density at radius 1 is 0.304 bits per heavy atom. The van der Waals surface area contributed by atoms with Gasteiger partial charge in [-0.25, -0.2) is 0 Å². The van der Waals surface area contributed by atoms with Crippen molar-refractivity contribution < 1.29 is 24.5 Å². The van der Waals surface area contributed by atoms with Crippen LogP contribution in [0.4, 0.5) is 0 Å². The lowest BCUT2D eigenvalue weighted by atomic mass is 10.0. The minimum Gasteiger partial charge on any atom is -0.466 e. The van der Waals surface area contributed by atoms with Crippen molar-refractivity contribution in [2.45, 2.75) is 475 Å². The quantitative estimate of drug-likeness (QED) is 0.0320. The van der Waals surface area contributed by atoms with Gasteiger partial charge >= 0.3 is 5.97 Å². The standard InChI is InChI=1S/C86H163NO5/c1-3-5-7-9-11-13-15-17-19-21-46-50-54-58-62-66-70-74-78-84(89)83(82-88)87-85(90)79-75-71-67-63-59-55-51-47-44-42-40-38-36-34-32-30-28-26-24-23-25-27-29-31-33-35-37-39-41-43-45-49-53-57-61-65-69-73-77-81-92-86(91)80-76-72-68-64-60-56-52-48-22-20-18-16-14-12-10-8-6-4-2/h14,16,20,22-24,27,29,83-84,88-89H,3-13,15,17-19,21,25-26,28,30-82H2,1-2H3,(H,87,90)/b16-14-,22-20-,24-23-,29-27-. The van der Waals surface area contributed by atoms with Crippen LogP contribution in [0.5, 0.6) is 0 Å². The van der Waals surface area contributed by atoms with Gasteiger partial charge in [0.05, 0.1) is 25.4 Å². The largest absolute Gasteiger partial charge is 0.466 e. The molecule has 0 aromatic rings. The van der Waals surface area contributed by atoms with Crippen LogP contribution in [0.15, 0.2) is 48.6 Å². The average molecular weight is 1290 g/mol. The number of carbonyl (C=O) groups is 2. The number of hydrogen-bond acceptors (Lipinski definition) is 5. The Labute approximate surface area is 576 Å². The molecule has 2 unspecified atom stereocenters. The van der Waals surface area contributed by atoms with E-state index in [1.54, 1.807) is 0 Å². The molecule has 3 N–H and O–H groups in total. The van der Waals surface area contributed by atoms with Gasteiger partial charge in [0.2, 0.25) is 5.91 Å². The van der Waals surface area contributed by atoms with E-state index in [2.05, 4.69) is 67.8 Å². The summed E-state index contributed by atoms with van der Waals surface area (Å²) in [6.07, 6.45) is 108. The molecule has 0 fully saturated rings. The summed E-state index contributed by atoms with van der Waals surface area (Å²) in [6.45, 7) is 4.98. The number of unbranched alkanes of at least 4 members (excludes halogenated alkanes) is 60. The van der Waals surface area contributed by atoms with Gasteiger partial charge in [-0.05, 0) is 89.9 Å². The Kier molecular flexibility index (Phi) is 79.3. The highest BCUT2D eigenvalue weighted by Crippen LogP contribution is 2.20.